The Morgan fingerprint density at radius 1 is 0.909 bits per heavy atom. The van der Waals surface area contributed by atoms with Gasteiger partial charge in [0.25, 0.3) is 11.4 Å². The number of nitrogens with zero attached hydrogens (tertiary/aromatic N) is 4. The summed E-state index contributed by atoms with van der Waals surface area (Å²) in [6.07, 6.45) is 0. The first-order valence-electron chi connectivity index (χ1n) is 9.93. The molecular weight excluding hydrogens is 444 g/mol. The SMILES string of the molecule is COc1cc(OC)cc(-c2noc(-c3nn(-c4ccc(Cl)cc4)c(=O)c4ccccc34)n2)c1. The first-order chi connectivity index (χ1) is 16.1. The molecule has 9 heteroatoms. The second-order valence-corrected chi connectivity index (χ2v) is 7.55. The maximum absolute atomic E-state index is 13.1. The fourth-order valence-electron chi connectivity index (χ4n) is 3.48. The molecule has 0 saturated heterocycles. The minimum atomic E-state index is -0.269. The maximum Gasteiger partial charge on any atom is 0.279 e. The maximum atomic E-state index is 13.1. The highest BCUT2D eigenvalue weighted by Gasteiger charge is 2.19. The fraction of sp³-hybridized carbons (Fsp3) is 0.0833. The number of rotatable bonds is 5. The largest absolute Gasteiger partial charge is 0.497 e. The summed E-state index contributed by atoms with van der Waals surface area (Å²) in [5, 5.41) is 10.3. The number of hydrogen-bond acceptors (Lipinski definition) is 7. The topological polar surface area (TPSA) is 92.3 Å². The molecule has 0 aliphatic carbocycles. The molecule has 0 amide bonds. The molecule has 3 aromatic carbocycles. The van der Waals surface area contributed by atoms with Crippen LogP contribution in [0.2, 0.25) is 5.02 Å². The third kappa shape index (κ3) is 3.81. The van der Waals surface area contributed by atoms with Crippen LogP contribution in [0.4, 0.5) is 0 Å². The van der Waals surface area contributed by atoms with Crippen molar-refractivity contribution in [1.29, 1.82) is 0 Å². The summed E-state index contributed by atoms with van der Waals surface area (Å²) in [4.78, 5) is 17.7. The van der Waals surface area contributed by atoms with Crippen molar-refractivity contribution < 1.29 is 14.0 Å². The van der Waals surface area contributed by atoms with E-state index in [0.717, 1.165) is 0 Å². The molecule has 0 aliphatic rings. The Morgan fingerprint density at radius 3 is 2.24 bits per heavy atom. The average Bonchev–Trinajstić information content (AvgIpc) is 3.35. The lowest BCUT2D eigenvalue weighted by molar-refractivity contribution is 0.394. The minimum absolute atomic E-state index is 0.172. The van der Waals surface area contributed by atoms with Crippen molar-refractivity contribution >= 4 is 22.4 Å². The van der Waals surface area contributed by atoms with Crippen molar-refractivity contribution in [2.75, 3.05) is 14.2 Å². The van der Waals surface area contributed by atoms with Crippen molar-refractivity contribution in [1.82, 2.24) is 19.9 Å². The molecule has 0 bridgehead atoms. The molecule has 0 radical (unpaired) electrons. The molecule has 164 valence electrons. The number of hydrogen-bond donors (Lipinski definition) is 0. The van der Waals surface area contributed by atoms with Crippen molar-refractivity contribution in [3.63, 3.8) is 0 Å². The third-order valence-electron chi connectivity index (χ3n) is 5.11. The average molecular weight is 461 g/mol. The fourth-order valence-corrected chi connectivity index (χ4v) is 3.60. The Balaban J connectivity index is 1.69. The van der Waals surface area contributed by atoms with Gasteiger partial charge in [-0.1, -0.05) is 35.0 Å². The van der Waals surface area contributed by atoms with Crippen molar-refractivity contribution in [3.05, 3.63) is 82.1 Å². The van der Waals surface area contributed by atoms with E-state index in [0.29, 0.717) is 50.1 Å². The second-order valence-electron chi connectivity index (χ2n) is 7.11. The number of fused-ring (bicyclic) bond motifs is 1. The molecule has 0 atom stereocenters. The van der Waals surface area contributed by atoms with Gasteiger partial charge in [-0.25, -0.2) is 0 Å². The van der Waals surface area contributed by atoms with Gasteiger partial charge < -0.3 is 14.0 Å². The Kier molecular flexibility index (Phi) is 5.27. The Morgan fingerprint density at radius 2 is 1.58 bits per heavy atom. The molecule has 0 saturated carbocycles. The quantitative estimate of drug-likeness (QED) is 0.373. The Labute approximate surface area is 193 Å². The molecule has 0 unspecified atom stereocenters. The van der Waals surface area contributed by atoms with Gasteiger partial charge in [-0.15, -0.1) is 0 Å². The van der Waals surface area contributed by atoms with Gasteiger partial charge in [-0.05, 0) is 42.5 Å². The van der Waals surface area contributed by atoms with E-state index in [4.69, 9.17) is 25.6 Å². The first kappa shape index (κ1) is 20.7. The summed E-state index contributed by atoms with van der Waals surface area (Å²) in [6.45, 7) is 0. The summed E-state index contributed by atoms with van der Waals surface area (Å²) < 4.78 is 17.5. The first-order valence-corrected chi connectivity index (χ1v) is 10.3. The molecule has 5 rings (SSSR count). The lowest BCUT2D eigenvalue weighted by Gasteiger charge is -2.09. The smallest absolute Gasteiger partial charge is 0.279 e. The van der Waals surface area contributed by atoms with E-state index < -0.39 is 0 Å². The van der Waals surface area contributed by atoms with E-state index in [1.165, 1.54) is 4.68 Å². The van der Waals surface area contributed by atoms with Gasteiger partial charge in [-0.2, -0.15) is 14.8 Å². The zero-order valence-corrected chi connectivity index (χ0v) is 18.4. The number of halogens is 1. The number of ether oxygens (including phenoxy) is 2. The van der Waals surface area contributed by atoms with Crippen molar-refractivity contribution in [2.24, 2.45) is 0 Å². The highest BCUT2D eigenvalue weighted by molar-refractivity contribution is 6.30. The summed E-state index contributed by atoms with van der Waals surface area (Å²) in [7, 11) is 3.13. The van der Waals surface area contributed by atoms with Crippen LogP contribution in [-0.4, -0.2) is 34.1 Å². The van der Waals surface area contributed by atoms with Crippen LogP contribution in [-0.2, 0) is 0 Å². The second kappa shape index (κ2) is 8.40. The van der Waals surface area contributed by atoms with Gasteiger partial charge in [-0.3, -0.25) is 4.79 Å². The number of benzene rings is 3. The van der Waals surface area contributed by atoms with Crippen LogP contribution < -0.4 is 15.0 Å². The zero-order valence-electron chi connectivity index (χ0n) is 17.7. The molecule has 33 heavy (non-hydrogen) atoms. The lowest BCUT2D eigenvalue weighted by Crippen LogP contribution is -2.22. The van der Waals surface area contributed by atoms with Crippen molar-refractivity contribution in [3.8, 4) is 40.2 Å². The van der Waals surface area contributed by atoms with E-state index in [1.54, 1.807) is 74.9 Å². The van der Waals surface area contributed by atoms with Gasteiger partial charge in [0.15, 0.2) is 5.69 Å². The molecular formula is C24H17ClN4O4. The number of aromatic nitrogens is 4. The summed E-state index contributed by atoms with van der Waals surface area (Å²) in [6, 6.07) is 19.3. The van der Waals surface area contributed by atoms with Crippen LogP contribution in [0.1, 0.15) is 0 Å². The molecule has 2 heterocycles. The molecule has 0 fully saturated rings. The van der Waals surface area contributed by atoms with Gasteiger partial charge in [0.2, 0.25) is 5.82 Å². The Bertz CT molecular complexity index is 1500. The van der Waals surface area contributed by atoms with Crippen LogP contribution in [0.5, 0.6) is 11.5 Å². The highest BCUT2D eigenvalue weighted by Crippen LogP contribution is 2.31. The van der Waals surface area contributed by atoms with E-state index >= 15 is 0 Å². The summed E-state index contributed by atoms with van der Waals surface area (Å²) in [5.74, 6) is 1.69. The predicted octanol–water partition coefficient (Wildman–Crippen LogP) is 4.77. The van der Waals surface area contributed by atoms with Crippen molar-refractivity contribution in [2.45, 2.75) is 0 Å². The summed E-state index contributed by atoms with van der Waals surface area (Å²) >= 11 is 6.01. The molecule has 0 aliphatic heterocycles. The van der Waals surface area contributed by atoms with E-state index in [2.05, 4.69) is 15.2 Å². The minimum Gasteiger partial charge on any atom is -0.497 e. The van der Waals surface area contributed by atoms with Crippen LogP contribution in [0.25, 0.3) is 39.4 Å². The molecule has 0 N–H and O–H groups in total. The van der Waals surface area contributed by atoms with Crippen LogP contribution >= 0.6 is 11.6 Å². The van der Waals surface area contributed by atoms with Crippen LogP contribution in [0.15, 0.2) is 76.0 Å². The van der Waals surface area contributed by atoms with E-state index in [1.807, 2.05) is 6.07 Å². The monoisotopic (exact) mass is 460 g/mol. The van der Waals surface area contributed by atoms with Gasteiger partial charge in [0, 0.05) is 22.0 Å². The molecule has 8 nitrogen and oxygen atoms in total. The van der Waals surface area contributed by atoms with E-state index in [9.17, 15) is 4.79 Å². The normalized spacial score (nSPS) is 11.0. The summed E-state index contributed by atoms with van der Waals surface area (Å²) in [5.41, 5.74) is 1.33. The number of methoxy groups -OCH3 is 2. The lowest BCUT2D eigenvalue weighted by atomic mass is 10.1. The van der Waals surface area contributed by atoms with E-state index in [-0.39, 0.29) is 11.4 Å². The molecule has 2 aromatic heterocycles. The highest BCUT2D eigenvalue weighted by atomic mass is 35.5. The molecule has 5 aromatic rings. The molecule has 0 spiro atoms. The van der Waals surface area contributed by atoms with Gasteiger partial charge in [0.1, 0.15) is 11.5 Å². The zero-order chi connectivity index (χ0) is 22.9. The van der Waals surface area contributed by atoms with Gasteiger partial charge >= 0.3 is 0 Å². The Hall–Kier alpha value is -4.17. The van der Waals surface area contributed by atoms with Gasteiger partial charge in [0.05, 0.1) is 25.3 Å². The third-order valence-corrected chi connectivity index (χ3v) is 5.37. The standard InChI is InChI=1S/C24H17ClN4O4/c1-31-17-11-14(12-18(13-17)32-2)22-26-23(33-28-22)21-19-5-3-4-6-20(19)24(30)29(27-21)16-9-7-15(25)8-10-16/h3-13H,1-2H3. The predicted molar refractivity (Wildman–Crippen MR) is 124 cm³/mol. The van der Waals surface area contributed by atoms with Crippen LogP contribution in [0.3, 0.4) is 0 Å². The van der Waals surface area contributed by atoms with Crippen LogP contribution in [0, 0.1) is 0 Å².